The molecule has 1 saturated carbocycles. The van der Waals surface area contributed by atoms with Gasteiger partial charge in [-0.3, -0.25) is 4.79 Å². The summed E-state index contributed by atoms with van der Waals surface area (Å²) in [6, 6.07) is -0.164. The Kier molecular flexibility index (Phi) is 5.43. The molecule has 2 fully saturated rings. The Morgan fingerprint density at radius 1 is 1.36 bits per heavy atom. The Bertz CT molecular complexity index is 743. The highest BCUT2D eigenvalue weighted by Gasteiger charge is 2.36. The Labute approximate surface area is 153 Å². The van der Waals surface area contributed by atoms with E-state index in [2.05, 4.69) is 10.2 Å². The zero-order valence-electron chi connectivity index (χ0n) is 15.0. The van der Waals surface area contributed by atoms with Crippen LogP contribution in [0.1, 0.15) is 51.3 Å². The third kappa shape index (κ3) is 4.19. The minimum absolute atomic E-state index is 0.0163. The first-order chi connectivity index (χ1) is 11.8. The summed E-state index contributed by atoms with van der Waals surface area (Å²) < 4.78 is 25.6. The third-order valence-corrected chi connectivity index (χ3v) is 7.85. The average Bonchev–Trinajstić information content (AvgIpc) is 3.25. The maximum Gasteiger partial charge on any atom is 0.233 e. The van der Waals surface area contributed by atoms with Gasteiger partial charge >= 0.3 is 0 Å². The molecule has 2 heterocycles. The van der Waals surface area contributed by atoms with E-state index in [1.165, 1.54) is 11.8 Å². The van der Waals surface area contributed by atoms with E-state index < -0.39 is 9.84 Å². The lowest BCUT2D eigenvalue weighted by Gasteiger charge is -2.33. The second-order valence-corrected chi connectivity index (χ2v) is 10.2. The van der Waals surface area contributed by atoms with Crippen molar-refractivity contribution in [3.05, 3.63) is 5.82 Å². The molecule has 1 aliphatic heterocycles. The molecular weight excluding hydrogens is 360 g/mol. The molecule has 2 aliphatic rings. The molecule has 0 N–H and O–H groups in total. The lowest BCUT2D eigenvalue weighted by atomic mass is 10.1. The van der Waals surface area contributed by atoms with Gasteiger partial charge in [-0.2, -0.15) is 0 Å². The minimum Gasteiger partial charge on any atom is -0.335 e. The molecule has 0 spiro atoms. The third-order valence-electron chi connectivity index (χ3n) is 5.09. The monoisotopic (exact) mass is 386 g/mol. The van der Waals surface area contributed by atoms with E-state index in [0.717, 1.165) is 30.2 Å². The molecule has 2 atom stereocenters. The second-order valence-electron chi connectivity index (χ2n) is 7.08. The van der Waals surface area contributed by atoms with E-state index >= 15 is 0 Å². The number of carbonyl (C=O) groups is 1. The van der Waals surface area contributed by atoms with Gasteiger partial charge in [0.05, 0.1) is 17.3 Å². The Morgan fingerprint density at radius 3 is 2.64 bits per heavy atom. The molecule has 0 unspecified atom stereocenters. The normalized spacial score (nSPS) is 23.6. The SMILES string of the molecule is CC[C@@H](C)N(C(=O)CSc1nnc(C2CC2)n1C)[C@H]1CCS(=O)(=O)C1. The van der Waals surface area contributed by atoms with Crippen LogP contribution in [0.5, 0.6) is 0 Å². The van der Waals surface area contributed by atoms with E-state index in [1.807, 2.05) is 25.5 Å². The highest BCUT2D eigenvalue weighted by atomic mass is 32.2. The van der Waals surface area contributed by atoms with Crippen LogP contribution in [0.4, 0.5) is 0 Å². The first-order valence-corrected chi connectivity index (χ1v) is 11.7. The second kappa shape index (κ2) is 7.26. The van der Waals surface area contributed by atoms with E-state index in [1.54, 1.807) is 4.90 Å². The van der Waals surface area contributed by atoms with Gasteiger partial charge in [-0.15, -0.1) is 10.2 Å². The van der Waals surface area contributed by atoms with Crippen molar-refractivity contribution in [2.45, 2.75) is 62.7 Å². The number of nitrogens with zero attached hydrogens (tertiary/aromatic N) is 4. The van der Waals surface area contributed by atoms with Crippen molar-refractivity contribution in [3.8, 4) is 0 Å². The minimum atomic E-state index is -3.02. The quantitative estimate of drug-likeness (QED) is 0.662. The van der Waals surface area contributed by atoms with E-state index in [9.17, 15) is 13.2 Å². The predicted octanol–water partition coefficient (Wildman–Crippen LogP) is 1.60. The number of hydrogen-bond donors (Lipinski definition) is 0. The van der Waals surface area contributed by atoms with Crippen LogP contribution in [0.15, 0.2) is 5.16 Å². The van der Waals surface area contributed by atoms with E-state index in [0.29, 0.717) is 12.3 Å². The lowest BCUT2D eigenvalue weighted by molar-refractivity contribution is -0.132. The van der Waals surface area contributed by atoms with Crippen LogP contribution in [0.3, 0.4) is 0 Å². The number of aromatic nitrogens is 3. The number of thioether (sulfide) groups is 1. The van der Waals surface area contributed by atoms with E-state index in [4.69, 9.17) is 0 Å². The summed E-state index contributed by atoms with van der Waals surface area (Å²) in [6.45, 7) is 4.01. The predicted molar refractivity (Wildman–Crippen MR) is 97.4 cm³/mol. The van der Waals surface area contributed by atoms with Gasteiger partial charge in [-0.1, -0.05) is 18.7 Å². The maximum absolute atomic E-state index is 12.8. The van der Waals surface area contributed by atoms with Crippen molar-refractivity contribution in [2.75, 3.05) is 17.3 Å². The molecule has 9 heteroatoms. The van der Waals surface area contributed by atoms with Crippen LogP contribution in [0, 0.1) is 0 Å². The van der Waals surface area contributed by atoms with Gasteiger partial charge in [0.25, 0.3) is 0 Å². The topological polar surface area (TPSA) is 85.2 Å². The molecule has 1 aliphatic carbocycles. The summed E-state index contributed by atoms with van der Waals surface area (Å²) >= 11 is 1.38. The average molecular weight is 387 g/mol. The molecule has 0 aromatic carbocycles. The molecule has 1 amide bonds. The molecule has 0 bridgehead atoms. The molecule has 0 radical (unpaired) electrons. The zero-order valence-corrected chi connectivity index (χ0v) is 16.6. The summed E-state index contributed by atoms with van der Waals surface area (Å²) in [5, 5.41) is 9.19. The summed E-state index contributed by atoms with van der Waals surface area (Å²) in [4.78, 5) is 14.6. The van der Waals surface area contributed by atoms with Crippen LogP contribution in [-0.4, -0.2) is 63.3 Å². The van der Waals surface area contributed by atoms with E-state index in [-0.39, 0.29) is 35.2 Å². The van der Waals surface area contributed by atoms with Crippen LogP contribution in [-0.2, 0) is 21.7 Å². The van der Waals surface area contributed by atoms with Crippen molar-refractivity contribution in [1.82, 2.24) is 19.7 Å². The van der Waals surface area contributed by atoms with Gasteiger partial charge in [-0.05, 0) is 32.6 Å². The highest BCUT2D eigenvalue weighted by molar-refractivity contribution is 7.99. The Hall–Kier alpha value is -1.09. The zero-order chi connectivity index (χ0) is 18.2. The number of amides is 1. The number of sulfone groups is 1. The van der Waals surface area contributed by atoms with Crippen LogP contribution < -0.4 is 0 Å². The fourth-order valence-electron chi connectivity index (χ4n) is 3.35. The smallest absolute Gasteiger partial charge is 0.233 e. The molecule has 1 saturated heterocycles. The number of carbonyl (C=O) groups excluding carboxylic acids is 1. The Morgan fingerprint density at radius 2 is 2.08 bits per heavy atom. The Balaban J connectivity index is 1.66. The van der Waals surface area contributed by atoms with Crippen LogP contribution in [0.2, 0.25) is 0 Å². The van der Waals surface area contributed by atoms with Gasteiger partial charge in [-0.25, -0.2) is 8.42 Å². The van der Waals surface area contributed by atoms with Crippen LogP contribution >= 0.6 is 11.8 Å². The van der Waals surface area contributed by atoms with Crippen molar-refractivity contribution in [2.24, 2.45) is 7.05 Å². The molecule has 140 valence electrons. The van der Waals surface area contributed by atoms with Crippen molar-refractivity contribution in [1.29, 1.82) is 0 Å². The number of hydrogen-bond acceptors (Lipinski definition) is 6. The van der Waals surface area contributed by atoms with Gasteiger partial charge < -0.3 is 9.47 Å². The summed E-state index contributed by atoms with van der Waals surface area (Å²) in [5.41, 5.74) is 0. The van der Waals surface area contributed by atoms with Gasteiger partial charge in [0.2, 0.25) is 5.91 Å². The molecule has 1 aromatic rings. The summed E-state index contributed by atoms with van der Waals surface area (Å²) in [6.07, 6.45) is 3.67. The fraction of sp³-hybridized carbons (Fsp3) is 0.812. The van der Waals surface area contributed by atoms with Gasteiger partial charge in [0.15, 0.2) is 15.0 Å². The van der Waals surface area contributed by atoms with Gasteiger partial charge in [0.1, 0.15) is 5.82 Å². The molecule has 3 rings (SSSR count). The summed E-state index contributed by atoms with van der Waals surface area (Å²) in [7, 11) is -1.08. The van der Waals surface area contributed by atoms with Crippen LogP contribution in [0.25, 0.3) is 0 Å². The lowest BCUT2D eigenvalue weighted by Crippen LogP contribution is -2.47. The number of rotatable bonds is 7. The largest absolute Gasteiger partial charge is 0.335 e. The highest BCUT2D eigenvalue weighted by Crippen LogP contribution is 2.39. The van der Waals surface area contributed by atoms with Gasteiger partial charge in [0, 0.05) is 25.0 Å². The molecule has 25 heavy (non-hydrogen) atoms. The fourth-order valence-corrected chi connectivity index (χ4v) is 5.85. The maximum atomic E-state index is 12.8. The molecule has 1 aromatic heterocycles. The standard InChI is InChI=1S/C16H26N4O3S2/c1-4-11(2)20(13-7-8-25(22,23)10-13)14(21)9-24-16-18-17-15(19(16)3)12-5-6-12/h11-13H,4-10H2,1-3H3/t11-,13+/m1/s1. The van der Waals surface area contributed by atoms with Crippen molar-refractivity contribution in [3.63, 3.8) is 0 Å². The molecule has 7 nitrogen and oxygen atoms in total. The van der Waals surface area contributed by atoms with Crippen molar-refractivity contribution >= 4 is 27.5 Å². The van der Waals surface area contributed by atoms with Crippen molar-refractivity contribution < 1.29 is 13.2 Å². The summed E-state index contributed by atoms with van der Waals surface area (Å²) in [5.74, 6) is 2.02. The molecular formula is C16H26N4O3S2. The first-order valence-electron chi connectivity index (χ1n) is 8.86. The first kappa shape index (κ1) is 18.7.